The zero-order valence-electron chi connectivity index (χ0n) is 14.8. The van der Waals surface area contributed by atoms with Gasteiger partial charge in [-0.3, -0.25) is 4.90 Å². The van der Waals surface area contributed by atoms with Crippen LogP contribution in [-0.2, 0) is 4.74 Å². The molecule has 2 unspecified atom stereocenters. The molecule has 0 spiro atoms. The van der Waals surface area contributed by atoms with Crippen molar-refractivity contribution in [2.75, 3.05) is 26.3 Å². The van der Waals surface area contributed by atoms with Crippen LogP contribution in [0.5, 0.6) is 5.75 Å². The molecule has 0 aromatic heterocycles. The van der Waals surface area contributed by atoms with E-state index in [2.05, 4.69) is 11.0 Å². The number of aliphatic hydroxyl groups is 1. The van der Waals surface area contributed by atoms with Crippen molar-refractivity contribution in [2.45, 2.75) is 56.8 Å². The van der Waals surface area contributed by atoms with Gasteiger partial charge in [-0.25, -0.2) is 0 Å². The van der Waals surface area contributed by atoms with Crippen LogP contribution in [0.3, 0.4) is 0 Å². The zero-order valence-corrected chi connectivity index (χ0v) is 14.8. The minimum absolute atomic E-state index is 0.265. The molecule has 2 fully saturated rings. The maximum atomic E-state index is 10.5. The van der Waals surface area contributed by atoms with E-state index in [0.29, 0.717) is 30.0 Å². The van der Waals surface area contributed by atoms with Crippen molar-refractivity contribution in [3.8, 4) is 11.8 Å². The summed E-state index contributed by atoms with van der Waals surface area (Å²) >= 11 is 0. The number of ether oxygens (including phenoxy) is 2. The molecule has 1 saturated heterocycles. The standard InChI is InChI=1S/C20H28N2O3/c21-12-16-7-9-19(10-8-16)25-15-18(23)13-22(17-4-1-2-5-17)14-20-6-3-11-24-20/h7-10,17-18,20,23H,1-6,11,13-15H2. The van der Waals surface area contributed by atoms with Crippen LogP contribution in [-0.4, -0.2) is 54.6 Å². The van der Waals surface area contributed by atoms with Crippen LogP contribution in [0.2, 0.25) is 0 Å². The molecule has 136 valence electrons. The van der Waals surface area contributed by atoms with E-state index in [0.717, 1.165) is 26.0 Å². The van der Waals surface area contributed by atoms with E-state index in [1.807, 2.05) is 0 Å². The molecule has 0 amide bonds. The zero-order chi connectivity index (χ0) is 17.5. The molecular formula is C20H28N2O3. The summed E-state index contributed by atoms with van der Waals surface area (Å²) < 4.78 is 11.5. The number of nitriles is 1. The summed E-state index contributed by atoms with van der Waals surface area (Å²) in [7, 11) is 0. The Morgan fingerprint density at radius 3 is 2.60 bits per heavy atom. The molecule has 1 aromatic carbocycles. The van der Waals surface area contributed by atoms with Gasteiger partial charge in [0.25, 0.3) is 0 Å². The predicted molar refractivity (Wildman–Crippen MR) is 95.5 cm³/mol. The number of hydrogen-bond acceptors (Lipinski definition) is 5. The molecule has 1 aromatic rings. The molecule has 2 aliphatic rings. The van der Waals surface area contributed by atoms with Crippen LogP contribution >= 0.6 is 0 Å². The molecule has 25 heavy (non-hydrogen) atoms. The van der Waals surface area contributed by atoms with Crippen molar-refractivity contribution in [3.63, 3.8) is 0 Å². The van der Waals surface area contributed by atoms with E-state index < -0.39 is 6.10 Å². The fourth-order valence-electron chi connectivity index (χ4n) is 3.83. The van der Waals surface area contributed by atoms with E-state index in [-0.39, 0.29) is 6.61 Å². The Labute approximate surface area is 150 Å². The number of nitrogens with zero attached hydrogens (tertiary/aromatic N) is 2. The molecular weight excluding hydrogens is 316 g/mol. The van der Waals surface area contributed by atoms with E-state index >= 15 is 0 Å². The molecule has 2 atom stereocenters. The average Bonchev–Trinajstić information content (AvgIpc) is 3.33. The van der Waals surface area contributed by atoms with Crippen LogP contribution < -0.4 is 4.74 Å². The summed E-state index contributed by atoms with van der Waals surface area (Å²) in [5.41, 5.74) is 0.608. The molecule has 1 saturated carbocycles. The van der Waals surface area contributed by atoms with Gasteiger partial charge in [0.1, 0.15) is 18.5 Å². The first-order valence-electron chi connectivity index (χ1n) is 9.41. The number of benzene rings is 1. The quantitative estimate of drug-likeness (QED) is 0.785. The Kier molecular flexibility index (Phi) is 6.69. The van der Waals surface area contributed by atoms with Gasteiger partial charge in [-0.15, -0.1) is 0 Å². The minimum atomic E-state index is -0.530. The first kappa shape index (κ1) is 18.2. The molecule has 0 radical (unpaired) electrons. The maximum absolute atomic E-state index is 10.5. The normalized spacial score (nSPS) is 22.2. The topological polar surface area (TPSA) is 65.7 Å². The van der Waals surface area contributed by atoms with Gasteiger partial charge in [0.15, 0.2) is 0 Å². The Hall–Kier alpha value is -1.61. The fourth-order valence-corrected chi connectivity index (χ4v) is 3.83. The van der Waals surface area contributed by atoms with E-state index in [1.54, 1.807) is 24.3 Å². The van der Waals surface area contributed by atoms with Gasteiger partial charge < -0.3 is 14.6 Å². The van der Waals surface area contributed by atoms with Crippen molar-refractivity contribution < 1.29 is 14.6 Å². The van der Waals surface area contributed by atoms with Crippen LogP contribution in [0, 0.1) is 11.3 Å². The Bertz CT molecular complexity index is 557. The second-order valence-corrected chi connectivity index (χ2v) is 7.13. The first-order valence-corrected chi connectivity index (χ1v) is 9.41. The summed E-state index contributed by atoms with van der Waals surface area (Å²) in [6, 6.07) is 9.64. The highest BCUT2D eigenvalue weighted by molar-refractivity contribution is 5.34. The highest BCUT2D eigenvalue weighted by Crippen LogP contribution is 2.25. The van der Waals surface area contributed by atoms with Crippen molar-refractivity contribution in [1.82, 2.24) is 4.90 Å². The maximum Gasteiger partial charge on any atom is 0.119 e. The second kappa shape index (κ2) is 9.19. The Morgan fingerprint density at radius 1 is 1.20 bits per heavy atom. The summed E-state index contributed by atoms with van der Waals surface area (Å²) in [6.07, 6.45) is 7.06. The van der Waals surface area contributed by atoms with Crippen LogP contribution in [0.25, 0.3) is 0 Å². The van der Waals surface area contributed by atoms with Gasteiger partial charge in [0.2, 0.25) is 0 Å². The average molecular weight is 344 g/mol. The highest BCUT2D eigenvalue weighted by Gasteiger charge is 2.28. The van der Waals surface area contributed by atoms with Crippen LogP contribution in [0.15, 0.2) is 24.3 Å². The Morgan fingerprint density at radius 2 is 1.96 bits per heavy atom. The molecule has 0 bridgehead atoms. The van der Waals surface area contributed by atoms with E-state index in [9.17, 15) is 5.11 Å². The van der Waals surface area contributed by atoms with Gasteiger partial charge in [-0.2, -0.15) is 5.26 Å². The molecule has 1 heterocycles. The molecule has 3 rings (SSSR count). The van der Waals surface area contributed by atoms with Crippen molar-refractivity contribution >= 4 is 0 Å². The minimum Gasteiger partial charge on any atom is -0.491 e. The third-order valence-corrected chi connectivity index (χ3v) is 5.17. The lowest BCUT2D eigenvalue weighted by Gasteiger charge is -2.32. The summed E-state index contributed by atoms with van der Waals surface area (Å²) in [5.74, 6) is 0.685. The number of hydrogen-bond donors (Lipinski definition) is 1. The lowest BCUT2D eigenvalue weighted by Crippen LogP contribution is -2.44. The van der Waals surface area contributed by atoms with E-state index in [1.165, 1.54) is 25.7 Å². The molecule has 1 N–H and O–H groups in total. The van der Waals surface area contributed by atoms with E-state index in [4.69, 9.17) is 14.7 Å². The summed E-state index contributed by atoms with van der Waals surface area (Å²) in [6.45, 7) is 2.67. The monoisotopic (exact) mass is 344 g/mol. The summed E-state index contributed by atoms with van der Waals surface area (Å²) in [4.78, 5) is 2.41. The van der Waals surface area contributed by atoms with Gasteiger partial charge in [-0.05, 0) is 49.9 Å². The first-order chi connectivity index (χ1) is 12.2. The molecule has 5 heteroatoms. The fraction of sp³-hybridized carbons (Fsp3) is 0.650. The van der Waals surface area contributed by atoms with Crippen molar-refractivity contribution in [2.24, 2.45) is 0 Å². The van der Waals surface area contributed by atoms with Crippen LogP contribution in [0.1, 0.15) is 44.1 Å². The second-order valence-electron chi connectivity index (χ2n) is 7.13. The Balaban J connectivity index is 1.49. The SMILES string of the molecule is N#Cc1ccc(OCC(O)CN(CC2CCCO2)C2CCCC2)cc1. The largest absolute Gasteiger partial charge is 0.491 e. The molecule has 1 aliphatic heterocycles. The number of aliphatic hydroxyl groups excluding tert-OH is 1. The third kappa shape index (κ3) is 5.43. The highest BCUT2D eigenvalue weighted by atomic mass is 16.5. The van der Waals surface area contributed by atoms with Crippen LogP contribution in [0.4, 0.5) is 0 Å². The molecule has 1 aliphatic carbocycles. The lowest BCUT2D eigenvalue weighted by atomic mass is 10.1. The predicted octanol–water partition coefficient (Wildman–Crippen LogP) is 2.72. The van der Waals surface area contributed by atoms with Gasteiger partial charge in [0, 0.05) is 25.7 Å². The third-order valence-electron chi connectivity index (χ3n) is 5.17. The molecule has 5 nitrogen and oxygen atoms in total. The van der Waals surface area contributed by atoms with Crippen molar-refractivity contribution in [1.29, 1.82) is 5.26 Å². The van der Waals surface area contributed by atoms with Crippen molar-refractivity contribution in [3.05, 3.63) is 29.8 Å². The lowest BCUT2D eigenvalue weighted by molar-refractivity contribution is 0.0178. The smallest absolute Gasteiger partial charge is 0.119 e. The summed E-state index contributed by atoms with van der Waals surface area (Å²) in [5, 5.41) is 19.3. The van der Waals surface area contributed by atoms with Gasteiger partial charge >= 0.3 is 0 Å². The van der Waals surface area contributed by atoms with Gasteiger partial charge in [-0.1, -0.05) is 12.8 Å². The van der Waals surface area contributed by atoms with Gasteiger partial charge in [0.05, 0.1) is 17.7 Å². The number of rotatable bonds is 8.